The number of hydrogen-bond donors (Lipinski definition) is 3. The van der Waals surface area contributed by atoms with Gasteiger partial charge in [0, 0.05) is 11.8 Å². The normalized spacial score (nSPS) is 13.8. The number of carbonyl (C=O) groups is 2. The van der Waals surface area contributed by atoms with Gasteiger partial charge >= 0.3 is 12.1 Å². The van der Waals surface area contributed by atoms with Crippen LogP contribution >= 0.6 is 0 Å². The van der Waals surface area contributed by atoms with E-state index in [-0.39, 0.29) is 18.0 Å². The summed E-state index contributed by atoms with van der Waals surface area (Å²) in [5.74, 6) is -0.680. The maximum atomic E-state index is 11.8. The molecule has 0 unspecified atom stereocenters. The van der Waals surface area contributed by atoms with Crippen LogP contribution < -0.4 is 11.1 Å². The van der Waals surface area contributed by atoms with Crippen LogP contribution in [0.25, 0.3) is 0 Å². The first-order valence-electron chi connectivity index (χ1n) is 7.21. The minimum Gasteiger partial charge on any atom is -0.465 e. The predicted octanol–water partition coefficient (Wildman–Crippen LogP) is 1.35. The van der Waals surface area contributed by atoms with Gasteiger partial charge in [-0.05, 0) is 33.8 Å². The highest BCUT2D eigenvalue weighted by molar-refractivity contribution is 5.85. The van der Waals surface area contributed by atoms with Crippen molar-refractivity contribution in [3.05, 3.63) is 23.9 Å². The minimum atomic E-state index is -1.38. The topological polar surface area (TPSA) is 124 Å². The number of ether oxygens (including phenoxy) is 2. The zero-order valence-electron chi connectivity index (χ0n) is 13.7. The monoisotopic (exact) mass is 325 g/mol. The molecule has 0 saturated carbocycles. The number of anilines is 1. The summed E-state index contributed by atoms with van der Waals surface area (Å²) in [5.41, 5.74) is 5.20. The van der Waals surface area contributed by atoms with E-state index in [1.54, 1.807) is 33.8 Å². The summed E-state index contributed by atoms with van der Waals surface area (Å²) in [6, 6.07) is 1.76. The molecule has 0 aliphatic heterocycles. The van der Waals surface area contributed by atoms with Gasteiger partial charge in [-0.25, -0.2) is 9.78 Å². The van der Waals surface area contributed by atoms with Crippen LogP contribution in [0.4, 0.5) is 10.6 Å². The lowest BCUT2D eigenvalue weighted by Gasteiger charge is -2.22. The fourth-order valence-electron chi connectivity index (χ4n) is 1.72. The highest BCUT2D eigenvalue weighted by Crippen LogP contribution is 2.23. The van der Waals surface area contributed by atoms with E-state index < -0.39 is 29.8 Å². The van der Waals surface area contributed by atoms with Crippen LogP contribution in [0, 0.1) is 0 Å². The summed E-state index contributed by atoms with van der Waals surface area (Å²) >= 11 is 0. The number of aromatic nitrogens is 1. The Morgan fingerprint density at radius 1 is 1.43 bits per heavy atom. The maximum Gasteiger partial charge on any atom is 0.413 e. The van der Waals surface area contributed by atoms with Gasteiger partial charge in [0.25, 0.3) is 0 Å². The first-order valence-corrected chi connectivity index (χ1v) is 7.21. The SMILES string of the molecule is CCOC(=O)[C@@H](N)[C@@H](O)c1cccnc1NC(=O)OC(C)(C)C. The lowest BCUT2D eigenvalue weighted by Crippen LogP contribution is -2.38. The van der Waals surface area contributed by atoms with Crippen LogP contribution in [0.1, 0.15) is 39.4 Å². The summed E-state index contributed by atoms with van der Waals surface area (Å²) in [6.45, 7) is 6.94. The van der Waals surface area contributed by atoms with E-state index >= 15 is 0 Å². The molecule has 1 heterocycles. The number of nitrogens with one attached hydrogen (secondary N) is 1. The van der Waals surface area contributed by atoms with Crippen molar-refractivity contribution in [2.75, 3.05) is 11.9 Å². The molecule has 8 heteroatoms. The van der Waals surface area contributed by atoms with Crippen molar-refractivity contribution < 1.29 is 24.2 Å². The van der Waals surface area contributed by atoms with Crippen LogP contribution in [0.3, 0.4) is 0 Å². The number of amides is 1. The quantitative estimate of drug-likeness (QED) is 0.698. The van der Waals surface area contributed by atoms with E-state index in [9.17, 15) is 14.7 Å². The predicted molar refractivity (Wildman–Crippen MR) is 83.7 cm³/mol. The fourth-order valence-corrected chi connectivity index (χ4v) is 1.72. The number of rotatable bonds is 5. The van der Waals surface area contributed by atoms with Crippen molar-refractivity contribution in [2.45, 2.75) is 45.4 Å². The van der Waals surface area contributed by atoms with Gasteiger partial charge < -0.3 is 20.3 Å². The summed E-state index contributed by atoms with van der Waals surface area (Å²) in [4.78, 5) is 27.4. The van der Waals surface area contributed by atoms with Gasteiger partial charge in [0.2, 0.25) is 0 Å². The largest absolute Gasteiger partial charge is 0.465 e. The Bertz CT molecular complexity index is 556. The van der Waals surface area contributed by atoms with E-state index in [0.717, 1.165) is 0 Å². The van der Waals surface area contributed by atoms with Gasteiger partial charge in [0.1, 0.15) is 23.6 Å². The number of aliphatic hydroxyl groups excluding tert-OH is 1. The summed E-state index contributed by atoms with van der Waals surface area (Å²) in [5, 5.41) is 12.7. The second-order valence-corrected chi connectivity index (χ2v) is 5.79. The molecular weight excluding hydrogens is 302 g/mol. The van der Waals surface area contributed by atoms with Crippen LogP contribution in [-0.4, -0.2) is 40.4 Å². The number of nitrogens with two attached hydrogens (primary N) is 1. The highest BCUT2D eigenvalue weighted by atomic mass is 16.6. The van der Waals surface area contributed by atoms with Crippen molar-refractivity contribution in [3.8, 4) is 0 Å². The fraction of sp³-hybridized carbons (Fsp3) is 0.533. The van der Waals surface area contributed by atoms with Gasteiger partial charge in [0.05, 0.1) is 6.61 Å². The second kappa shape index (κ2) is 7.89. The van der Waals surface area contributed by atoms with E-state index in [2.05, 4.69) is 10.3 Å². The number of nitrogens with zero attached hydrogens (tertiary/aromatic N) is 1. The molecule has 128 valence electrons. The van der Waals surface area contributed by atoms with E-state index in [1.807, 2.05) is 0 Å². The van der Waals surface area contributed by atoms with Crippen molar-refractivity contribution in [1.29, 1.82) is 0 Å². The van der Waals surface area contributed by atoms with Crippen molar-refractivity contribution in [3.63, 3.8) is 0 Å². The minimum absolute atomic E-state index is 0.0639. The van der Waals surface area contributed by atoms with Crippen molar-refractivity contribution >= 4 is 17.9 Å². The average molecular weight is 325 g/mol. The molecule has 0 spiro atoms. The van der Waals surface area contributed by atoms with Gasteiger partial charge in [-0.3, -0.25) is 10.1 Å². The van der Waals surface area contributed by atoms with Gasteiger partial charge in [-0.15, -0.1) is 0 Å². The molecule has 23 heavy (non-hydrogen) atoms. The standard InChI is InChI=1S/C15H23N3O5/c1-5-22-13(20)10(16)11(19)9-7-6-8-17-12(9)18-14(21)23-15(2,3)4/h6-8,10-11,19H,5,16H2,1-4H3,(H,17,18,21)/t10-,11-/m0/s1. The first kappa shape index (κ1) is 18.9. The number of carbonyl (C=O) groups excluding carboxylic acids is 2. The Morgan fingerprint density at radius 2 is 2.09 bits per heavy atom. The molecule has 0 fully saturated rings. The third-order valence-electron chi connectivity index (χ3n) is 2.68. The zero-order chi connectivity index (χ0) is 17.6. The lowest BCUT2D eigenvalue weighted by atomic mass is 10.0. The van der Waals surface area contributed by atoms with E-state index in [0.29, 0.717) is 0 Å². The molecule has 0 bridgehead atoms. The maximum absolute atomic E-state index is 11.8. The number of aliphatic hydroxyl groups is 1. The summed E-state index contributed by atoms with van der Waals surface area (Å²) in [7, 11) is 0. The van der Waals surface area contributed by atoms with Crippen LogP contribution in [0.15, 0.2) is 18.3 Å². The molecule has 0 aliphatic carbocycles. The van der Waals surface area contributed by atoms with Crippen molar-refractivity contribution in [2.24, 2.45) is 5.73 Å². The third kappa shape index (κ3) is 5.84. The smallest absolute Gasteiger partial charge is 0.413 e. The van der Waals surface area contributed by atoms with E-state index in [1.165, 1.54) is 12.3 Å². The summed E-state index contributed by atoms with van der Waals surface area (Å²) in [6.07, 6.45) is -0.680. The Hall–Kier alpha value is -2.19. The molecule has 0 aromatic carbocycles. The molecule has 8 nitrogen and oxygen atoms in total. The molecule has 1 aromatic heterocycles. The summed E-state index contributed by atoms with van der Waals surface area (Å²) < 4.78 is 9.91. The van der Waals surface area contributed by atoms with Crippen LogP contribution in [0.5, 0.6) is 0 Å². The molecule has 1 rings (SSSR count). The lowest BCUT2D eigenvalue weighted by molar-refractivity contribution is -0.147. The van der Waals surface area contributed by atoms with E-state index in [4.69, 9.17) is 15.2 Å². The Morgan fingerprint density at radius 3 is 2.65 bits per heavy atom. The van der Waals surface area contributed by atoms with Gasteiger partial charge in [0.15, 0.2) is 0 Å². The average Bonchev–Trinajstić information content (AvgIpc) is 2.44. The Balaban J connectivity index is 2.92. The van der Waals surface area contributed by atoms with Crippen molar-refractivity contribution in [1.82, 2.24) is 4.98 Å². The van der Waals surface area contributed by atoms with Crippen LogP contribution in [-0.2, 0) is 14.3 Å². The molecule has 0 radical (unpaired) electrons. The Kier molecular flexibility index (Phi) is 6.47. The molecule has 2 atom stereocenters. The number of hydrogen-bond acceptors (Lipinski definition) is 7. The highest BCUT2D eigenvalue weighted by Gasteiger charge is 2.28. The van der Waals surface area contributed by atoms with Crippen LogP contribution in [0.2, 0.25) is 0 Å². The molecule has 4 N–H and O–H groups in total. The molecule has 1 aromatic rings. The second-order valence-electron chi connectivity index (χ2n) is 5.79. The molecular formula is C15H23N3O5. The van der Waals surface area contributed by atoms with Gasteiger partial charge in [-0.1, -0.05) is 6.07 Å². The molecule has 0 saturated heterocycles. The first-order chi connectivity index (χ1) is 10.7. The Labute approximate surface area is 135 Å². The van der Waals surface area contributed by atoms with Gasteiger partial charge in [-0.2, -0.15) is 0 Å². The molecule has 0 aliphatic rings. The number of pyridine rings is 1. The number of esters is 1. The molecule has 1 amide bonds. The zero-order valence-corrected chi connectivity index (χ0v) is 13.7. The third-order valence-corrected chi connectivity index (χ3v) is 2.68.